The van der Waals surface area contributed by atoms with Crippen molar-refractivity contribution in [2.75, 3.05) is 13.2 Å². The second kappa shape index (κ2) is 26.5. The molecule has 0 spiro atoms. The molecule has 3 aliphatic carbocycles. The summed E-state index contributed by atoms with van der Waals surface area (Å²) in [6.45, 7) is 34.0. The van der Waals surface area contributed by atoms with Crippen LogP contribution in [0.4, 0.5) is 0 Å². The van der Waals surface area contributed by atoms with E-state index in [9.17, 15) is 19.5 Å². The highest BCUT2D eigenvalue weighted by Gasteiger charge is 2.79. The van der Waals surface area contributed by atoms with E-state index >= 15 is 14.4 Å². The van der Waals surface area contributed by atoms with Crippen LogP contribution in [0.3, 0.4) is 0 Å². The van der Waals surface area contributed by atoms with Gasteiger partial charge in [-0.05, 0) is 96.5 Å². The second-order valence-electron chi connectivity index (χ2n) is 25.2. The highest BCUT2D eigenvalue weighted by Crippen LogP contribution is 2.65. The van der Waals surface area contributed by atoms with E-state index in [1.54, 1.807) is 119 Å². The molecule has 3 fully saturated rings. The first-order valence-electron chi connectivity index (χ1n) is 30.3. The van der Waals surface area contributed by atoms with Crippen LogP contribution >= 0.6 is 0 Å². The zero-order valence-corrected chi connectivity index (χ0v) is 54.3. The summed E-state index contributed by atoms with van der Waals surface area (Å²) in [6.07, 6.45) is -5.85. The first kappa shape index (κ1) is 66.5. The van der Waals surface area contributed by atoms with Crippen molar-refractivity contribution >= 4 is 52.2 Å². The van der Waals surface area contributed by atoms with Gasteiger partial charge in [0.2, 0.25) is 8.32 Å². The fourth-order valence-corrected chi connectivity index (χ4v) is 23.2. The summed E-state index contributed by atoms with van der Waals surface area (Å²) in [5.74, 6) is -5.79. The monoisotopic (exact) mass is 1210 g/mol. The van der Waals surface area contributed by atoms with Crippen molar-refractivity contribution in [2.24, 2.45) is 16.7 Å². The van der Waals surface area contributed by atoms with Crippen molar-refractivity contribution in [3.63, 3.8) is 0 Å². The number of benzene rings is 3. The van der Waals surface area contributed by atoms with Crippen molar-refractivity contribution < 1.29 is 71.1 Å². The average Bonchev–Trinajstić information content (AvgIpc) is 0.683. The predicted octanol–water partition coefficient (Wildman–Crippen LogP) is 12.1. The fourth-order valence-electron chi connectivity index (χ4n) is 14.8. The van der Waals surface area contributed by atoms with Crippen LogP contribution in [0.15, 0.2) is 121 Å². The fraction of sp³-hybridized carbons (Fsp3) is 0.552. The van der Waals surface area contributed by atoms with Gasteiger partial charge in [-0.25, -0.2) is 14.4 Å². The Labute approximate surface area is 505 Å². The van der Waals surface area contributed by atoms with Gasteiger partial charge in [0.1, 0.15) is 29.7 Å². The van der Waals surface area contributed by atoms with E-state index in [1.807, 2.05) is 0 Å². The van der Waals surface area contributed by atoms with Crippen LogP contribution in [0.25, 0.3) is 0 Å². The lowest BCUT2D eigenvalue weighted by atomic mass is 9.44. The van der Waals surface area contributed by atoms with E-state index in [0.29, 0.717) is 41.4 Å². The average molecular weight is 1210 g/mol. The highest BCUT2D eigenvalue weighted by atomic mass is 28.4. The van der Waals surface area contributed by atoms with Crippen molar-refractivity contribution in [1.82, 2.24) is 5.32 Å². The number of Topliss-reactive ketones (excluding diaryl/α,β-unsaturated/α-hetero) is 1. The number of carbonyl (C=O) groups excluding carboxylic acids is 6. The van der Waals surface area contributed by atoms with Gasteiger partial charge in [0.05, 0.1) is 42.3 Å². The van der Waals surface area contributed by atoms with Gasteiger partial charge >= 0.3 is 23.9 Å². The van der Waals surface area contributed by atoms with Crippen molar-refractivity contribution in [3.05, 3.63) is 138 Å². The molecule has 0 aromatic heterocycles. The van der Waals surface area contributed by atoms with Crippen LogP contribution in [0.1, 0.15) is 149 Å². The Bertz CT molecular complexity index is 2950. The molecule has 1 amide bonds. The number of nitrogens with one attached hydrogen (secondary N) is 1. The summed E-state index contributed by atoms with van der Waals surface area (Å²) in [7, 11) is -5.88. The molecule has 2 N–H and O–H groups in total. The van der Waals surface area contributed by atoms with Crippen molar-refractivity contribution in [2.45, 2.75) is 205 Å². The summed E-state index contributed by atoms with van der Waals surface area (Å²) < 4.78 is 54.5. The van der Waals surface area contributed by atoms with Gasteiger partial charge in [-0.1, -0.05) is 143 Å². The Balaban J connectivity index is 1.54. The molecule has 3 aromatic carbocycles. The molecule has 0 radical (unpaired) electrons. The number of ketones is 1. The summed E-state index contributed by atoms with van der Waals surface area (Å²) in [6, 6.07) is 24.6. The minimum Gasteiger partial charge on any atom is -0.493 e. The maximum atomic E-state index is 16.9. The summed E-state index contributed by atoms with van der Waals surface area (Å²) in [5, 5.41) is 17.9. The molecule has 462 valence electrons. The number of aliphatic hydroxyl groups is 1. The first-order chi connectivity index (χ1) is 40.1. The largest absolute Gasteiger partial charge is 0.493 e. The van der Waals surface area contributed by atoms with Gasteiger partial charge in [0.15, 0.2) is 31.9 Å². The molecule has 18 heteroatoms. The molecule has 16 nitrogen and oxygen atoms in total. The molecule has 7 rings (SSSR count). The number of hydrogen-bond donors (Lipinski definition) is 2. The van der Waals surface area contributed by atoms with Crippen LogP contribution < -0.4 is 10.1 Å². The number of ether oxygens (including phenoxy) is 6. The maximum absolute atomic E-state index is 16.9. The smallest absolute Gasteiger partial charge is 0.338 e. The Morgan fingerprint density at radius 2 is 1.39 bits per heavy atom. The number of esters is 4. The number of rotatable bonds is 25. The van der Waals surface area contributed by atoms with Gasteiger partial charge in [0, 0.05) is 42.4 Å². The van der Waals surface area contributed by atoms with E-state index in [1.165, 1.54) is 6.92 Å². The molecular weight excluding hydrogens is 1110 g/mol. The number of para-hydroxylation sites is 1. The Hall–Kier alpha value is -6.03. The predicted molar refractivity (Wildman–Crippen MR) is 328 cm³/mol. The van der Waals surface area contributed by atoms with Gasteiger partial charge in [0.25, 0.3) is 5.91 Å². The summed E-state index contributed by atoms with van der Waals surface area (Å²) >= 11 is 0. The minimum absolute atomic E-state index is 0.0455. The van der Waals surface area contributed by atoms with Crippen LogP contribution in [0.5, 0.6) is 5.75 Å². The van der Waals surface area contributed by atoms with E-state index in [-0.39, 0.29) is 53.0 Å². The molecule has 1 aliphatic heterocycles. The third-order valence-electron chi connectivity index (χ3n) is 19.6. The van der Waals surface area contributed by atoms with Gasteiger partial charge in [-0.15, -0.1) is 6.58 Å². The molecule has 2 bridgehead atoms. The van der Waals surface area contributed by atoms with E-state index in [4.69, 9.17) is 37.3 Å². The van der Waals surface area contributed by atoms with Crippen molar-refractivity contribution in [3.8, 4) is 5.75 Å². The Morgan fingerprint density at radius 3 is 1.92 bits per heavy atom. The van der Waals surface area contributed by atoms with Crippen LogP contribution in [0, 0.1) is 16.7 Å². The normalized spacial score (nSPS) is 27.0. The zero-order valence-electron chi connectivity index (χ0n) is 52.3. The molecule has 4 aliphatic rings. The second-order valence-corrected chi connectivity index (χ2v) is 35.3. The summed E-state index contributed by atoms with van der Waals surface area (Å²) in [5.41, 5.74) is -6.81. The standard InChI is InChI=1S/C67H91NO15Si2/c1-17-22-37-76-49-36-30-29-35-48(49)55(68-61(72)46-31-25-23-26-32-46)57(83-85(41(6)7,42(8)9)43(10)11)63(74)79-50-39-67(75)60(80-62(73)47-33-27-24-28-34-47)58-65(16,59(71)56(78-45(13)69)54(44(50)12)64(67,14)15)51(82-84(19-3,20-4)21-5)38-52-66(58,40-77-52)81-53(70)18-2/h17-18,23-36,41-43,50-52,55-58,60,75H,1-2,19-22,37-40H2,3-16H3,(H,68,72)/t50-,51-,52+,55-,56+,57+,58-,60-,65+,66-,67+/m0/s1. The molecule has 1 heterocycles. The van der Waals surface area contributed by atoms with E-state index in [0.717, 1.165) is 6.08 Å². The lowest BCUT2D eigenvalue weighted by Gasteiger charge is -2.68. The number of carbonyl (C=O) groups is 6. The number of hydrogen-bond acceptors (Lipinski definition) is 15. The van der Waals surface area contributed by atoms with Crippen LogP contribution in [0.2, 0.25) is 34.8 Å². The number of amides is 1. The molecular formula is C67H91NO15Si2. The SMILES string of the molecule is C=CCCOc1ccccc1[C@H](NC(=O)c1ccccc1)[C@@H](O[Si](C(C)C)(C(C)C)C(C)C)C(=O)O[C@H]1C[C@@]2(O)[C@@H](OC(=O)c3ccccc3)[C@@H]3[C@]4(OC(=O)C=C)CO[C@@H]4C[C@H](O[Si](CC)(CC)CC)[C@@]3(C)C(=O)[C@H](OC(C)=O)C(=C1C)C2(C)C. The molecule has 3 aromatic rings. The topological polar surface area (TPSA) is 209 Å². The van der Waals surface area contributed by atoms with E-state index in [2.05, 4.69) is 80.8 Å². The third-order valence-corrected chi connectivity index (χ3v) is 30.3. The Kier molecular flexibility index (Phi) is 20.8. The van der Waals surface area contributed by atoms with Gasteiger partial charge in [-0.2, -0.15) is 0 Å². The molecule has 1 saturated heterocycles. The third kappa shape index (κ3) is 12.2. The number of fused-ring (bicyclic) bond motifs is 5. The molecule has 11 atom stereocenters. The zero-order chi connectivity index (χ0) is 62.6. The Morgan fingerprint density at radius 1 is 0.812 bits per heavy atom. The molecule has 0 unspecified atom stereocenters. The molecule has 85 heavy (non-hydrogen) atoms. The maximum Gasteiger partial charge on any atom is 0.338 e. The minimum atomic E-state index is -3.18. The highest BCUT2D eigenvalue weighted by molar-refractivity contribution is 6.77. The lowest BCUT2D eigenvalue weighted by Crippen LogP contribution is -2.82. The quantitative estimate of drug-likeness (QED) is 0.0202. The first-order valence-corrected chi connectivity index (χ1v) is 34.9. The molecule has 2 saturated carbocycles. The lowest BCUT2D eigenvalue weighted by molar-refractivity contribution is -0.344. The van der Waals surface area contributed by atoms with E-state index < -0.39 is 129 Å². The van der Waals surface area contributed by atoms with Crippen LogP contribution in [-0.4, -0.2) is 118 Å². The van der Waals surface area contributed by atoms with Crippen molar-refractivity contribution in [1.29, 1.82) is 0 Å². The van der Waals surface area contributed by atoms with Gasteiger partial charge < -0.3 is 47.7 Å². The van der Waals surface area contributed by atoms with Gasteiger partial charge in [-0.3, -0.25) is 14.4 Å². The van der Waals surface area contributed by atoms with Crippen LogP contribution in [-0.2, 0) is 51.7 Å². The summed E-state index contributed by atoms with van der Waals surface area (Å²) in [4.78, 5) is 90.9.